The lowest BCUT2D eigenvalue weighted by Crippen LogP contribution is -2.02. The molecule has 2 rings (SSSR count). The molecule has 17 heavy (non-hydrogen) atoms. The maximum absolute atomic E-state index is 10.9. The van der Waals surface area contributed by atoms with E-state index in [2.05, 4.69) is 4.98 Å². The van der Waals surface area contributed by atoms with Crippen molar-refractivity contribution in [1.82, 2.24) is 4.98 Å². The molecule has 86 valence electrons. The Hall–Kier alpha value is -2.56. The predicted octanol–water partition coefficient (Wildman–Crippen LogP) is 2.15. The number of pyridine rings is 1. The second kappa shape index (κ2) is 4.52. The number of benzene rings is 1. The molecule has 0 unspecified atom stereocenters. The number of anilines is 1. The van der Waals surface area contributed by atoms with Gasteiger partial charge in [0.1, 0.15) is 11.5 Å². The topological polar surface area (TPSA) is 85.4 Å². The first-order valence-electron chi connectivity index (χ1n) is 4.87. The minimum Gasteiger partial charge on any atom is -0.478 e. The Bertz CT molecular complexity index is 541. The summed E-state index contributed by atoms with van der Waals surface area (Å²) in [6, 6.07) is 7.93. The van der Waals surface area contributed by atoms with Crippen molar-refractivity contribution in [3.8, 4) is 11.5 Å². The van der Waals surface area contributed by atoms with Gasteiger partial charge in [-0.15, -0.1) is 0 Å². The molecule has 0 bridgehead atoms. The van der Waals surface area contributed by atoms with Crippen molar-refractivity contribution in [2.75, 3.05) is 5.73 Å². The minimum absolute atomic E-state index is 0.0198. The highest BCUT2D eigenvalue weighted by molar-refractivity contribution is 5.94. The summed E-state index contributed by atoms with van der Waals surface area (Å²) in [7, 11) is 0. The van der Waals surface area contributed by atoms with E-state index in [9.17, 15) is 4.79 Å². The molecule has 0 aliphatic heterocycles. The van der Waals surface area contributed by atoms with Crippen LogP contribution in [0.5, 0.6) is 11.5 Å². The number of carboxylic acid groups (broad SMARTS) is 1. The van der Waals surface area contributed by atoms with Gasteiger partial charge in [0.05, 0.1) is 11.8 Å². The third-order valence-electron chi connectivity index (χ3n) is 2.13. The maximum atomic E-state index is 10.9. The summed E-state index contributed by atoms with van der Waals surface area (Å²) < 4.78 is 5.44. The van der Waals surface area contributed by atoms with E-state index >= 15 is 0 Å². The smallest absolute Gasteiger partial charge is 0.337 e. The van der Waals surface area contributed by atoms with Crippen LogP contribution in [0, 0.1) is 0 Å². The Kier molecular flexibility index (Phi) is 2.91. The fraction of sp³-hybridized carbons (Fsp3) is 0. The molecule has 5 heteroatoms. The molecule has 1 aromatic carbocycles. The van der Waals surface area contributed by atoms with Crippen molar-refractivity contribution >= 4 is 11.7 Å². The predicted molar refractivity (Wildman–Crippen MR) is 62.1 cm³/mol. The quantitative estimate of drug-likeness (QED) is 0.789. The molecule has 0 saturated carbocycles. The van der Waals surface area contributed by atoms with Gasteiger partial charge >= 0.3 is 5.97 Å². The van der Waals surface area contributed by atoms with E-state index in [0.717, 1.165) is 0 Å². The Morgan fingerprint density at radius 3 is 2.76 bits per heavy atom. The van der Waals surface area contributed by atoms with Crippen LogP contribution in [0.4, 0.5) is 5.69 Å². The van der Waals surface area contributed by atoms with Gasteiger partial charge in [0.2, 0.25) is 0 Å². The summed E-state index contributed by atoms with van der Waals surface area (Å²) in [6.45, 7) is 0. The number of hydrogen-bond donors (Lipinski definition) is 2. The van der Waals surface area contributed by atoms with Gasteiger partial charge in [-0.3, -0.25) is 4.98 Å². The first kappa shape index (κ1) is 10.9. The molecule has 5 nitrogen and oxygen atoms in total. The molecule has 0 radical (unpaired) electrons. The molecule has 0 aliphatic carbocycles. The third kappa shape index (κ3) is 2.52. The Morgan fingerprint density at radius 2 is 2.12 bits per heavy atom. The number of rotatable bonds is 3. The number of ether oxygens (including phenoxy) is 1. The van der Waals surface area contributed by atoms with Crippen LogP contribution in [0.2, 0.25) is 0 Å². The van der Waals surface area contributed by atoms with Crippen LogP contribution in [0.25, 0.3) is 0 Å². The van der Waals surface area contributed by atoms with E-state index in [1.807, 2.05) is 0 Å². The number of nitrogens with zero attached hydrogens (tertiary/aromatic N) is 1. The van der Waals surface area contributed by atoms with Crippen LogP contribution in [0.15, 0.2) is 42.7 Å². The highest BCUT2D eigenvalue weighted by Gasteiger charge is 2.09. The highest BCUT2D eigenvalue weighted by Crippen LogP contribution is 2.24. The van der Waals surface area contributed by atoms with E-state index in [0.29, 0.717) is 11.5 Å². The molecule has 1 aromatic heterocycles. The largest absolute Gasteiger partial charge is 0.478 e. The Balaban J connectivity index is 2.29. The van der Waals surface area contributed by atoms with Crippen molar-refractivity contribution in [3.05, 3.63) is 48.3 Å². The average molecular weight is 230 g/mol. The average Bonchev–Trinajstić information content (AvgIpc) is 2.32. The fourth-order valence-electron chi connectivity index (χ4n) is 1.33. The SMILES string of the molecule is Nc1ccc(Oc2cccnc2)cc1C(=O)O. The summed E-state index contributed by atoms with van der Waals surface area (Å²) in [5, 5.41) is 8.91. The number of nitrogen functional groups attached to an aromatic ring is 1. The minimum atomic E-state index is -1.08. The summed E-state index contributed by atoms with van der Waals surface area (Å²) >= 11 is 0. The molecule has 0 saturated heterocycles. The zero-order valence-corrected chi connectivity index (χ0v) is 8.83. The molecule has 0 atom stereocenters. The van der Waals surface area contributed by atoms with Gasteiger partial charge in [-0.1, -0.05) is 0 Å². The number of nitrogens with two attached hydrogens (primary N) is 1. The number of aromatic carboxylic acids is 1. The highest BCUT2D eigenvalue weighted by atomic mass is 16.5. The second-order valence-corrected chi connectivity index (χ2v) is 3.34. The fourth-order valence-corrected chi connectivity index (χ4v) is 1.33. The van der Waals surface area contributed by atoms with Gasteiger partial charge in [0, 0.05) is 11.9 Å². The lowest BCUT2D eigenvalue weighted by atomic mass is 10.2. The number of hydrogen-bond acceptors (Lipinski definition) is 4. The lowest BCUT2D eigenvalue weighted by Gasteiger charge is -2.07. The van der Waals surface area contributed by atoms with Crippen LogP contribution in [-0.4, -0.2) is 16.1 Å². The number of carboxylic acids is 1. The van der Waals surface area contributed by atoms with Crippen LogP contribution < -0.4 is 10.5 Å². The normalized spacial score (nSPS) is 9.88. The van der Waals surface area contributed by atoms with Gasteiger partial charge < -0.3 is 15.6 Å². The van der Waals surface area contributed by atoms with Gasteiger partial charge in [-0.05, 0) is 30.3 Å². The van der Waals surface area contributed by atoms with Crippen LogP contribution in [0.3, 0.4) is 0 Å². The molecule has 0 aliphatic rings. The Morgan fingerprint density at radius 1 is 1.29 bits per heavy atom. The molecule has 1 heterocycles. The molecule has 0 amide bonds. The van der Waals surface area contributed by atoms with Crippen LogP contribution >= 0.6 is 0 Å². The van der Waals surface area contributed by atoms with Crippen LogP contribution in [0.1, 0.15) is 10.4 Å². The summed E-state index contributed by atoms with van der Waals surface area (Å²) in [5.74, 6) is -0.141. The summed E-state index contributed by atoms with van der Waals surface area (Å²) in [4.78, 5) is 14.8. The molecule has 3 N–H and O–H groups in total. The molecule has 0 fully saturated rings. The first-order chi connectivity index (χ1) is 8.16. The zero-order chi connectivity index (χ0) is 12.3. The molecule has 2 aromatic rings. The number of carbonyl (C=O) groups is 1. The van der Waals surface area contributed by atoms with E-state index in [1.165, 1.54) is 18.3 Å². The second-order valence-electron chi connectivity index (χ2n) is 3.34. The first-order valence-corrected chi connectivity index (χ1v) is 4.87. The van der Waals surface area contributed by atoms with Crippen molar-refractivity contribution in [2.45, 2.75) is 0 Å². The van der Waals surface area contributed by atoms with Gasteiger partial charge in [-0.25, -0.2) is 4.79 Å². The van der Waals surface area contributed by atoms with Crippen molar-refractivity contribution < 1.29 is 14.6 Å². The molecule has 0 spiro atoms. The standard InChI is InChI=1S/C12H10N2O3/c13-11-4-3-8(6-10(11)12(15)16)17-9-2-1-5-14-7-9/h1-7H,13H2,(H,15,16). The molecular weight excluding hydrogens is 220 g/mol. The molecular formula is C12H10N2O3. The number of aromatic nitrogens is 1. The monoisotopic (exact) mass is 230 g/mol. The Labute approximate surface area is 97.5 Å². The van der Waals surface area contributed by atoms with E-state index in [1.54, 1.807) is 24.4 Å². The zero-order valence-electron chi connectivity index (χ0n) is 8.83. The lowest BCUT2D eigenvalue weighted by molar-refractivity contribution is 0.0697. The van der Waals surface area contributed by atoms with Crippen LogP contribution in [-0.2, 0) is 0 Å². The van der Waals surface area contributed by atoms with Gasteiger partial charge in [0.15, 0.2) is 0 Å². The van der Waals surface area contributed by atoms with Crippen molar-refractivity contribution in [3.63, 3.8) is 0 Å². The van der Waals surface area contributed by atoms with Gasteiger partial charge in [-0.2, -0.15) is 0 Å². The third-order valence-corrected chi connectivity index (χ3v) is 2.13. The van der Waals surface area contributed by atoms with Crippen molar-refractivity contribution in [1.29, 1.82) is 0 Å². The van der Waals surface area contributed by atoms with Gasteiger partial charge in [0.25, 0.3) is 0 Å². The summed E-state index contributed by atoms with van der Waals surface area (Å²) in [6.07, 6.45) is 3.16. The van der Waals surface area contributed by atoms with E-state index < -0.39 is 5.97 Å². The maximum Gasteiger partial charge on any atom is 0.337 e. The summed E-state index contributed by atoms with van der Waals surface area (Å²) in [5.41, 5.74) is 5.76. The van der Waals surface area contributed by atoms with Crippen molar-refractivity contribution in [2.24, 2.45) is 0 Å². The van der Waals surface area contributed by atoms with E-state index in [-0.39, 0.29) is 11.3 Å². The van der Waals surface area contributed by atoms with E-state index in [4.69, 9.17) is 15.6 Å².